The molecule has 9 heavy (non-hydrogen) atoms. The van der Waals surface area contributed by atoms with E-state index in [4.69, 9.17) is 16.8 Å². The van der Waals surface area contributed by atoms with Crippen LogP contribution in [0.5, 0.6) is 0 Å². The van der Waals surface area contributed by atoms with E-state index in [2.05, 4.69) is 0 Å². The molecule has 0 unspecified atom stereocenters. The minimum atomic E-state index is -1.42. The van der Waals surface area contributed by atoms with Crippen LogP contribution in [-0.2, 0) is 31.6 Å². The zero-order chi connectivity index (χ0) is 5.41. The van der Waals surface area contributed by atoms with Crippen molar-refractivity contribution in [1.82, 2.24) is 0 Å². The molecule has 0 fully saturated rings. The second-order valence-corrected chi connectivity index (χ2v) is 0.493. The van der Waals surface area contributed by atoms with Gasteiger partial charge in [-0.2, -0.15) is 0 Å². The van der Waals surface area contributed by atoms with Gasteiger partial charge in [0.05, 0.1) is 0 Å². The van der Waals surface area contributed by atoms with Gasteiger partial charge in [-0.05, 0) is 0 Å². The van der Waals surface area contributed by atoms with Crippen LogP contribution in [0.3, 0.4) is 0 Å². The summed E-state index contributed by atoms with van der Waals surface area (Å²) in [5.74, 6) is 0. The number of rotatable bonds is 0. The van der Waals surface area contributed by atoms with Crippen molar-refractivity contribution in [2.24, 2.45) is 0 Å². The molecular formula is C2H9FeLiO4P. The molecule has 0 rings (SSSR count). The molecule has 0 aliphatic rings. The second kappa shape index (κ2) is 73.0. The average molecular weight is 191 g/mol. The van der Waals surface area contributed by atoms with Crippen LogP contribution in [0.15, 0.2) is 0 Å². The van der Waals surface area contributed by atoms with Crippen molar-refractivity contribution in [3.63, 3.8) is 0 Å². The van der Waals surface area contributed by atoms with Gasteiger partial charge in [0.15, 0.2) is 0 Å². The first-order valence-corrected chi connectivity index (χ1v) is 2.41. The first kappa shape index (κ1) is 33.5. The van der Waals surface area contributed by atoms with Gasteiger partial charge in [-0.15, -0.1) is 0 Å². The fourth-order valence-electron chi connectivity index (χ4n) is 0. The molecule has 0 aliphatic carbocycles. The zero-order valence-electron chi connectivity index (χ0n) is 3.49. The molecule has 4 nitrogen and oxygen atoms in total. The third-order valence-corrected chi connectivity index (χ3v) is 0. The van der Waals surface area contributed by atoms with Crippen molar-refractivity contribution >= 4 is 27.2 Å². The summed E-state index contributed by atoms with van der Waals surface area (Å²) in [6, 6.07) is 0. The number of hydrogen-bond acceptors (Lipinski definition) is 4. The monoisotopic (exact) mass is 191 g/mol. The van der Waals surface area contributed by atoms with Crippen molar-refractivity contribution < 1.29 is 31.6 Å². The van der Waals surface area contributed by atoms with Crippen LogP contribution in [-0.4, -0.2) is 18.9 Å². The SMILES string of the molecule is C.C.O=[PH]=O.[Li].[O]=[Fe]=[O]. The summed E-state index contributed by atoms with van der Waals surface area (Å²) in [7, 11) is -1.42. The van der Waals surface area contributed by atoms with E-state index in [0.29, 0.717) is 0 Å². The van der Waals surface area contributed by atoms with Crippen LogP contribution in [0.25, 0.3) is 0 Å². The molecule has 0 atom stereocenters. The van der Waals surface area contributed by atoms with Gasteiger partial charge >= 0.3 is 30.8 Å². The predicted molar refractivity (Wildman–Crippen MR) is 30.3 cm³/mol. The van der Waals surface area contributed by atoms with E-state index in [1.54, 1.807) is 0 Å². The normalized spacial score (nSPS) is 3.11. The van der Waals surface area contributed by atoms with Crippen LogP contribution >= 0.6 is 8.34 Å². The van der Waals surface area contributed by atoms with Crippen LogP contribution < -0.4 is 0 Å². The van der Waals surface area contributed by atoms with Gasteiger partial charge in [0.1, 0.15) is 0 Å². The summed E-state index contributed by atoms with van der Waals surface area (Å²) < 4.78 is 33.6. The molecule has 0 bridgehead atoms. The van der Waals surface area contributed by atoms with Crippen molar-refractivity contribution in [3.05, 3.63) is 0 Å². The molecule has 0 N–H and O–H groups in total. The maximum atomic E-state index is 8.40. The Bertz CT molecular complexity index is 72.6. The van der Waals surface area contributed by atoms with Gasteiger partial charge in [0.2, 0.25) is 0 Å². The van der Waals surface area contributed by atoms with Gasteiger partial charge in [-0.3, -0.25) is 0 Å². The Balaban J connectivity index is -0.00000000889. The zero-order valence-corrected chi connectivity index (χ0v) is 5.59. The Morgan fingerprint density at radius 3 is 1.00 bits per heavy atom. The second-order valence-electron chi connectivity index (χ2n) is 0.142. The van der Waals surface area contributed by atoms with E-state index in [9.17, 15) is 0 Å². The van der Waals surface area contributed by atoms with E-state index in [1.165, 1.54) is 0 Å². The molecule has 0 saturated carbocycles. The summed E-state index contributed by atoms with van der Waals surface area (Å²) >= 11 is -1.25. The van der Waals surface area contributed by atoms with E-state index in [1.807, 2.05) is 0 Å². The molecule has 0 amide bonds. The van der Waals surface area contributed by atoms with Crippen LogP contribution in [0.4, 0.5) is 0 Å². The fourth-order valence-corrected chi connectivity index (χ4v) is 0. The summed E-state index contributed by atoms with van der Waals surface area (Å²) in [4.78, 5) is 0. The molecule has 0 spiro atoms. The topological polar surface area (TPSA) is 68.3 Å². The third kappa shape index (κ3) is 991. The van der Waals surface area contributed by atoms with Crippen molar-refractivity contribution in [1.29, 1.82) is 0 Å². The van der Waals surface area contributed by atoms with Crippen molar-refractivity contribution in [2.75, 3.05) is 0 Å². The van der Waals surface area contributed by atoms with Gasteiger partial charge in [-0.1, -0.05) is 14.9 Å². The Morgan fingerprint density at radius 2 is 1.00 bits per heavy atom. The van der Waals surface area contributed by atoms with Gasteiger partial charge < -0.3 is 0 Å². The minimum absolute atomic E-state index is 0. The van der Waals surface area contributed by atoms with E-state index < -0.39 is 23.2 Å². The molecule has 7 heteroatoms. The van der Waals surface area contributed by atoms with Gasteiger partial charge in [0.25, 0.3) is 0 Å². The Morgan fingerprint density at radius 1 is 1.00 bits per heavy atom. The summed E-state index contributed by atoms with van der Waals surface area (Å²) in [6.07, 6.45) is 0. The van der Waals surface area contributed by atoms with Crippen LogP contribution in [0.2, 0.25) is 0 Å². The molecular weight excluding hydrogens is 182 g/mol. The molecule has 0 saturated heterocycles. The first-order chi connectivity index (χ1) is 2.83. The van der Waals surface area contributed by atoms with Crippen LogP contribution in [0.1, 0.15) is 14.9 Å². The van der Waals surface area contributed by atoms with Crippen molar-refractivity contribution in [3.8, 4) is 0 Å². The number of hydrogen-bond donors (Lipinski definition) is 0. The molecule has 55 valence electrons. The summed E-state index contributed by atoms with van der Waals surface area (Å²) in [5.41, 5.74) is 0. The Hall–Kier alpha value is 0.617. The molecule has 1 radical (unpaired) electrons. The third-order valence-electron chi connectivity index (χ3n) is 0. The molecule has 0 aromatic rings. The van der Waals surface area contributed by atoms with Gasteiger partial charge in [0, 0.05) is 18.9 Å². The van der Waals surface area contributed by atoms with Gasteiger partial charge in [-0.25, -0.2) is 9.13 Å². The predicted octanol–water partition coefficient (Wildman–Crippen LogP) is 1.01. The quantitative estimate of drug-likeness (QED) is 0.423. The van der Waals surface area contributed by atoms with Crippen molar-refractivity contribution in [2.45, 2.75) is 14.9 Å². The molecule has 0 aromatic heterocycles. The van der Waals surface area contributed by atoms with E-state index in [-0.39, 0.29) is 33.7 Å². The Labute approximate surface area is 73.8 Å². The first-order valence-electron chi connectivity index (χ1n) is 0.697. The molecule has 0 aliphatic heterocycles. The fraction of sp³-hybridized carbons (Fsp3) is 1.00. The molecule has 0 aromatic carbocycles. The van der Waals surface area contributed by atoms with Crippen LogP contribution in [0, 0.1) is 0 Å². The Kier molecular flexibility index (Phi) is 272. The standard InChI is InChI=1S/2CH4.Fe.Li.HO2P.2O/c;;;;1-3-2;;/h2*1H4;;;3H;;. The van der Waals surface area contributed by atoms with E-state index in [0.717, 1.165) is 0 Å². The average Bonchev–Trinajstić information content (AvgIpc) is 1.39. The molecule has 0 heterocycles. The maximum absolute atomic E-state index is 8.40. The van der Waals surface area contributed by atoms with E-state index >= 15 is 0 Å². The summed E-state index contributed by atoms with van der Waals surface area (Å²) in [5, 5.41) is 0. The summed E-state index contributed by atoms with van der Waals surface area (Å²) in [6.45, 7) is 0.